The first-order valence-corrected chi connectivity index (χ1v) is 7.85. The van der Waals surface area contributed by atoms with E-state index in [1.165, 1.54) is 11.1 Å². The zero-order valence-electron chi connectivity index (χ0n) is 11.9. The monoisotopic (exact) mass is 340 g/mol. The fourth-order valence-electron chi connectivity index (χ4n) is 2.46. The van der Waals surface area contributed by atoms with Crippen LogP contribution in [0, 0.1) is 0 Å². The number of halogens is 1. The van der Waals surface area contributed by atoms with Gasteiger partial charge in [-0.05, 0) is 30.2 Å². The van der Waals surface area contributed by atoms with Gasteiger partial charge in [-0.25, -0.2) is 0 Å². The van der Waals surface area contributed by atoms with Crippen molar-refractivity contribution >= 4 is 26.8 Å². The summed E-state index contributed by atoms with van der Waals surface area (Å²) in [7, 11) is 0. The van der Waals surface area contributed by atoms with Gasteiger partial charge in [0.2, 0.25) is 0 Å². The van der Waals surface area contributed by atoms with Crippen LogP contribution in [0.4, 0.5) is 0 Å². The van der Waals surface area contributed by atoms with Gasteiger partial charge in [0.1, 0.15) is 0 Å². The van der Waals surface area contributed by atoms with Crippen LogP contribution in [0.3, 0.4) is 0 Å². The van der Waals surface area contributed by atoms with E-state index in [1.807, 2.05) is 18.3 Å². The van der Waals surface area contributed by atoms with Crippen molar-refractivity contribution in [3.05, 3.63) is 76.4 Å². The number of aromatic nitrogens is 1. The maximum Gasteiger partial charge on any atom is 0.0758 e. The van der Waals surface area contributed by atoms with E-state index < -0.39 is 0 Å². The summed E-state index contributed by atoms with van der Waals surface area (Å²) < 4.78 is 1.09. The minimum Gasteiger partial charge on any atom is -0.306 e. The van der Waals surface area contributed by atoms with Gasteiger partial charge in [0.25, 0.3) is 0 Å². The second kappa shape index (κ2) is 6.37. The Kier molecular flexibility index (Phi) is 4.32. The van der Waals surface area contributed by atoms with Crippen LogP contribution in [-0.4, -0.2) is 4.98 Å². The highest BCUT2D eigenvalue weighted by Crippen LogP contribution is 2.25. The number of benzene rings is 2. The third-order valence-electron chi connectivity index (χ3n) is 3.70. The van der Waals surface area contributed by atoms with Crippen molar-refractivity contribution in [1.82, 2.24) is 10.3 Å². The zero-order valence-corrected chi connectivity index (χ0v) is 13.5. The van der Waals surface area contributed by atoms with Crippen molar-refractivity contribution in [2.24, 2.45) is 0 Å². The minimum absolute atomic E-state index is 0.314. The molecule has 106 valence electrons. The molecular weight excluding hydrogens is 324 g/mol. The summed E-state index contributed by atoms with van der Waals surface area (Å²) in [4.78, 5) is 4.52. The molecule has 1 aromatic heterocycles. The molecule has 21 heavy (non-hydrogen) atoms. The SMILES string of the molecule is C[C@H](NCc1ccc(Br)c2cccnc12)c1ccccc1. The third kappa shape index (κ3) is 3.14. The lowest BCUT2D eigenvalue weighted by molar-refractivity contribution is 0.576. The normalized spacial score (nSPS) is 12.5. The van der Waals surface area contributed by atoms with E-state index in [0.29, 0.717) is 6.04 Å². The van der Waals surface area contributed by atoms with Crippen LogP contribution in [0.1, 0.15) is 24.1 Å². The summed E-state index contributed by atoms with van der Waals surface area (Å²) >= 11 is 3.59. The van der Waals surface area contributed by atoms with E-state index in [9.17, 15) is 0 Å². The van der Waals surface area contributed by atoms with Gasteiger partial charge < -0.3 is 5.32 Å². The zero-order chi connectivity index (χ0) is 14.7. The number of pyridine rings is 1. The molecule has 1 N–H and O–H groups in total. The second-order valence-corrected chi connectivity index (χ2v) is 5.97. The summed E-state index contributed by atoms with van der Waals surface area (Å²) in [6.07, 6.45) is 1.85. The molecule has 3 rings (SSSR count). The van der Waals surface area contributed by atoms with Crippen molar-refractivity contribution < 1.29 is 0 Å². The molecule has 1 atom stereocenters. The topological polar surface area (TPSA) is 24.9 Å². The molecule has 0 aliphatic rings. The van der Waals surface area contributed by atoms with Gasteiger partial charge in [0.05, 0.1) is 5.52 Å². The number of nitrogens with one attached hydrogen (secondary N) is 1. The Bertz CT molecular complexity index is 741. The molecule has 1 heterocycles. The first kappa shape index (κ1) is 14.2. The summed E-state index contributed by atoms with van der Waals surface area (Å²) in [6, 6.07) is 19.1. The van der Waals surface area contributed by atoms with Gasteiger partial charge in [-0.15, -0.1) is 0 Å². The van der Waals surface area contributed by atoms with Crippen LogP contribution in [0.2, 0.25) is 0 Å². The lowest BCUT2D eigenvalue weighted by Crippen LogP contribution is -2.18. The number of hydrogen-bond acceptors (Lipinski definition) is 2. The molecule has 0 saturated heterocycles. The molecule has 3 aromatic rings. The highest BCUT2D eigenvalue weighted by atomic mass is 79.9. The van der Waals surface area contributed by atoms with Crippen LogP contribution in [0.15, 0.2) is 65.3 Å². The average Bonchev–Trinajstić information content (AvgIpc) is 2.55. The number of nitrogens with zero attached hydrogens (tertiary/aromatic N) is 1. The largest absolute Gasteiger partial charge is 0.306 e. The summed E-state index contributed by atoms with van der Waals surface area (Å²) in [6.45, 7) is 2.99. The summed E-state index contributed by atoms with van der Waals surface area (Å²) in [5.41, 5.74) is 3.57. The molecule has 0 amide bonds. The Balaban J connectivity index is 1.81. The molecule has 0 spiro atoms. The molecule has 0 saturated carbocycles. The van der Waals surface area contributed by atoms with E-state index in [0.717, 1.165) is 21.9 Å². The van der Waals surface area contributed by atoms with Crippen molar-refractivity contribution in [3.8, 4) is 0 Å². The van der Waals surface area contributed by atoms with E-state index >= 15 is 0 Å². The fraction of sp³-hybridized carbons (Fsp3) is 0.167. The molecule has 3 heteroatoms. The minimum atomic E-state index is 0.314. The highest BCUT2D eigenvalue weighted by molar-refractivity contribution is 9.10. The molecule has 0 unspecified atom stereocenters. The van der Waals surface area contributed by atoms with Crippen LogP contribution in [0.5, 0.6) is 0 Å². The molecule has 0 radical (unpaired) electrons. The predicted molar refractivity (Wildman–Crippen MR) is 91.1 cm³/mol. The Morgan fingerprint density at radius 3 is 2.67 bits per heavy atom. The Morgan fingerprint density at radius 2 is 1.86 bits per heavy atom. The van der Waals surface area contributed by atoms with E-state index in [1.54, 1.807) is 0 Å². The molecular formula is C18H17BrN2. The Hall–Kier alpha value is -1.71. The van der Waals surface area contributed by atoms with Crippen molar-refractivity contribution in [2.45, 2.75) is 19.5 Å². The van der Waals surface area contributed by atoms with E-state index in [-0.39, 0.29) is 0 Å². The molecule has 0 fully saturated rings. The van der Waals surface area contributed by atoms with Gasteiger partial charge in [-0.2, -0.15) is 0 Å². The van der Waals surface area contributed by atoms with Crippen LogP contribution >= 0.6 is 15.9 Å². The Labute approximate surface area is 133 Å². The lowest BCUT2D eigenvalue weighted by atomic mass is 10.1. The molecule has 0 aliphatic heterocycles. The molecule has 2 nitrogen and oxygen atoms in total. The van der Waals surface area contributed by atoms with Crippen molar-refractivity contribution in [3.63, 3.8) is 0 Å². The number of hydrogen-bond donors (Lipinski definition) is 1. The fourth-order valence-corrected chi connectivity index (χ4v) is 2.91. The van der Waals surface area contributed by atoms with Crippen molar-refractivity contribution in [1.29, 1.82) is 0 Å². The van der Waals surface area contributed by atoms with Gasteiger partial charge >= 0.3 is 0 Å². The standard InChI is InChI=1S/C18H17BrN2/c1-13(14-6-3-2-4-7-14)21-12-15-9-10-17(19)16-8-5-11-20-18(15)16/h2-11,13,21H,12H2,1H3/t13-/m0/s1. The molecule has 0 bridgehead atoms. The predicted octanol–water partition coefficient (Wildman–Crippen LogP) is 4.85. The highest BCUT2D eigenvalue weighted by Gasteiger charge is 2.08. The first-order chi connectivity index (χ1) is 10.3. The van der Waals surface area contributed by atoms with Gasteiger partial charge in [-0.1, -0.05) is 58.4 Å². The number of rotatable bonds is 4. The van der Waals surface area contributed by atoms with Crippen LogP contribution < -0.4 is 5.32 Å². The average molecular weight is 341 g/mol. The summed E-state index contributed by atoms with van der Waals surface area (Å²) in [5.74, 6) is 0. The van der Waals surface area contributed by atoms with E-state index in [2.05, 4.69) is 75.6 Å². The molecule has 0 aliphatic carbocycles. The van der Waals surface area contributed by atoms with Gasteiger partial charge in [0, 0.05) is 28.6 Å². The van der Waals surface area contributed by atoms with Crippen LogP contribution in [0.25, 0.3) is 10.9 Å². The smallest absolute Gasteiger partial charge is 0.0758 e. The van der Waals surface area contributed by atoms with Crippen LogP contribution in [-0.2, 0) is 6.54 Å². The Morgan fingerprint density at radius 1 is 1.05 bits per heavy atom. The maximum absolute atomic E-state index is 4.52. The summed E-state index contributed by atoms with van der Waals surface area (Å²) in [5, 5.41) is 4.73. The second-order valence-electron chi connectivity index (χ2n) is 5.12. The van der Waals surface area contributed by atoms with Gasteiger partial charge in [-0.3, -0.25) is 4.98 Å². The lowest BCUT2D eigenvalue weighted by Gasteiger charge is -2.15. The molecule has 2 aromatic carbocycles. The van der Waals surface area contributed by atoms with Gasteiger partial charge in [0.15, 0.2) is 0 Å². The maximum atomic E-state index is 4.52. The van der Waals surface area contributed by atoms with Crippen molar-refractivity contribution in [2.75, 3.05) is 0 Å². The third-order valence-corrected chi connectivity index (χ3v) is 4.39. The van der Waals surface area contributed by atoms with E-state index in [4.69, 9.17) is 0 Å². The number of fused-ring (bicyclic) bond motifs is 1. The first-order valence-electron chi connectivity index (χ1n) is 7.06. The quantitative estimate of drug-likeness (QED) is 0.734.